The Hall–Kier alpha value is -3.48. The van der Waals surface area contributed by atoms with Gasteiger partial charge in [0, 0.05) is 42.4 Å². The summed E-state index contributed by atoms with van der Waals surface area (Å²) in [5, 5.41) is 2.85. The van der Waals surface area contributed by atoms with Gasteiger partial charge in [-0.1, -0.05) is 19.9 Å². The Morgan fingerprint density at radius 3 is 2.55 bits per heavy atom. The number of nitrogens with zero attached hydrogens (tertiary/aromatic N) is 3. The molecule has 7 heteroatoms. The van der Waals surface area contributed by atoms with E-state index in [0.717, 1.165) is 24.0 Å². The molecule has 1 aliphatic rings. The third-order valence-electron chi connectivity index (χ3n) is 4.94. The fourth-order valence-corrected chi connectivity index (χ4v) is 3.55. The van der Waals surface area contributed by atoms with Crippen LogP contribution in [0.5, 0.6) is 0 Å². The van der Waals surface area contributed by atoms with E-state index < -0.39 is 0 Å². The molecule has 2 heterocycles. The molecule has 0 saturated heterocycles. The lowest BCUT2D eigenvalue weighted by Crippen LogP contribution is -2.34. The van der Waals surface area contributed by atoms with Gasteiger partial charge in [-0.05, 0) is 49.6 Å². The Labute approximate surface area is 183 Å². The van der Waals surface area contributed by atoms with Crippen molar-refractivity contribution in [1.82, 2.24) is 9.88 Å². The number of hydrogen-bond donors (Lipinski definition) is 2. The molecule has 3 rings (SSSR count). The van der Waals surface area contributed by atoms with Crippen LogP contribution in [0.3, 0.4) is 0 Å². The lowest BCUT2D eigenvalue weighted by molar-refractivity contribution is -0.127. The number of amidine groups is 1. The number of aryl methyl sites for hydroxylation is 1. The number of rotatable bonds is 7. The number of aromatic nitrogens is 1. The van der Waals surface area contributed by atoms with Gasteiger partial charge in [-0.25, -0.2) is 4.99 Å². The van der Waals surface area contributed by atoms with Crippen molar-refractivity contribution in [2.45, 2.75) is 40.0 Å². The highest BCUT2D eigenvalue weighted by atomic mass is 16.2. The zero-order valence-electron chi connectivity index (χ0n) is 18.3. The maximum absolute atomic E-state index is 13.1. The van der Waals surface area contributed by atoms with Gasteiger partial charge in [-0.3, -0.25) is 14.6 Å². The van der Waals surface area contributed by atoms with Crippen molar-refractivity contribution in [3.63, 3.8) is 0 Å². The van der Waals surface area contributed by atoms with E-state index in [1.54, 1.807) is 30.6 Å². The molecule has 2 aromatic rings. The molecule has 0 saturated carbocycles. The molecule has 1 aliphatic heterocycles. The van der Waals surface area contributed by atoms with Crippen molar-refractivity contribution < 1.29 is 9.59 Å². The first-order valence-corrected chi connectivity index (χ1v) is 10.6. The first-order valence-electron chi connectivity index (χ1n) is 10.6. The van der Waals surface area contributed by atoms with E-state index in [-0.39, 0.29) is 18.2 Å². The van der Waals surface area contributed by atoms with E-state index in [0.29, 0.717) is 41.4 Å². The number of carbonyl (C=O) groups excluding carboxylic acids is 2. The number of pyridine rings is 1. The first-order chi connectivity index (χ1) is 14.9. The molecule has 0 atom stereocenters. The Bertz CT molecular complexity index is 1040. The lowest BCUT2D eigenvalue weighted by atomic mass is 10.0. The van der Waals surface area contributed by atoms with Crippen LogP contribution in [0.25, 0.3) is 6.08 Å². The van der Waals surface area contributed by atoms with Gasteiger partial charge in [0.15, 0.2) is 0 Å². The van der Waals surface area contributed by atoms with Gasteiger partial charge in [0.25, 0.3) is 5.91 Å². The minimum Gasteiger partial charge on any atom is -0.387 e. The van der Waals surface area contributed by atoms with E-state index in [4.69, 9.17) is 5.73 Å². The standard InChI is InChI=1S/C24H29N5O2/c1-4-8-29(9-5-2)24(31)19-11-17-6-7-18(12-21(17)28-22(25)13-19)23(30)27-20-10-16(3)14-26-15-20/h6-7,10-12,14-15H,4-5,8-9,13H2,1-3H3,(H2,25,28)(H,27,30). The topological polar surface area (TPSA) is 101 Å². The third kappa shape index (κ3) is 5.57. The summed E-state index contributed by atoms with van der Waals surface area (Å²) in [7, 11) is 0. The quantitative estimate of drug-likeness (QED) is 0.706. The van der Waals surface area contributed by atoms with Crippen LogP contribution < -0.4 is 11.1 Å². The van der Waals surface area contributed by atoms with Crippen molar-refractivity contribution in [2.24, 2.45) is 10.7 Å². The zero-order chi connectivity index (χ0) is 22.4. The molecule has 0 radical (unpaired) electrons. The zero-order valence-corrected chi connectivity index (χ0v) is 18.3. The van der Waals surface area contributed by atoms with Crippen LogP contribution in [-0.2, 0) is 4.79 Å². The second-order valence-corrected chi connectivity index (χ2v) is 7.72. The third-order valence-corrected chi connectivity index (χ3v) is 4.94. The number of anilines is 1. The maximum Gasteiger partial charge on any atom is 0.255 e. The van der Waals surface area contributed by atoms with Gasteiger partial charge in [-0.15, -0.1) is 0 Å². The van der Waals surface area contributed by atoms with Gasteiger partial charge in [0.2, 0.25) is 5.91 Å². The molecule has 3 N–H and O–H groups in total. The summed E-state index contributed by atoms with van der Waals surface area (Å²) in [6.07, 6.45) is 7.24. The second kappa shape index (κ2) is 10.0. The Morgan fingerprint density at radius 2 is 1.87 bits per heavy atom. The fourth-order valence-electron chi connectivity index (χ4n) is 3.55. The van der Waals surface area contributed by atoms with Crippen LogP contribution in [0.4, 0.5) is 11.4 Å². The molecule has 0 bridgehead atoms. The molecule has 0 spiro atoms. The van der Waals surface area contributed by atoms with Crippen LogP contribution in [-0.4, -0.2) is 40.6 Å². The number of hydrogen-bond acceptors (Lipinski definition) is 5. The molecule has 31 heavy (non-hydrogen) atoms. The summed E-state index contributed by atoms with van der Waals surface area (Å²) in [5.41, 5.74) is 10.1. The summed E-state index contributed by atoms with van der Waals surface area (Å²) >= 11 is 0. The Morgan fingerprint density at radius 1 is 1.13 bits per heavy atom. The predicted octanol–water partition coefficient (Wildman–Crippen LogP) is 4.07. The van der Waals surface area contributed by atoms with Gasteiger partial charge >= 0.3 is 0 Å². The monoisotopic (exact) mass is 419 g/mol. The highest BCUT2D eigenvalue weighted by Gasteiger charge is 2.21. The van der Waals surface area contributed by atoms with Crippen LogP contribution in [0.1, 0.15) is 54.6 Å². The number of benzene rings is 1. The first kappa shape index (κ1) is 22.2. The van der Waals surface area contributed by atoms with Crippen LogP contribution in [0.2, 0.25) is 0 Å². The maximum atomic E-state index is 13.1. The number of aliphatic imine (C=N–C) groups is 1. The molecular formula is C24H29N5O2. The highest BCUT2D eigenvalue weighted by molar-refractivity contribution is 6.07. The summed E-state index contributed by atoms with van der Waals surface area (Å²) in [4.78, 5) is 36.2. The van der Waals surface area contributed by atoms with Crippen molar-refractivity contribution in [1.29, 1.82) is 0 Å². The van der Waals surface area contributed by atoms with Crippen molar-refractivity contribution >= 4 is 35.1 Å². The largest absolute Gasteiger partial charge is 0.387 e. The molecule has 0 aliphatic carbocycles. The van der Waals surface area contributed by atoms with Crippen molar-refractivity contribution in [3.8, 4) is 0 Å². The summed E-state index contributed by atoms with van der Waals surface area (Å²) in [5.74, 6) is 0.0840. The van der Waals surface area contributed by atoms with Crippen LogP contribution in [0, 0.1) is 6.92 Å². The molecular weight excluding hydrogens is 390 g/mol. The van der Waals surface area contributed by atoms with E-state index in [1.165, 1.54) is 0 Å². The van der Waals surface area contributed by atoms with Gasteiger partial charge in [-0.2, -0.15) is 0 Å². The van der Waals surface area contributed by atoms with E-state index in [1.807, 2.05) is 24.0 Å². The molecule has 162 valence electrons. The molecule has 1 aromatic carbocycles. The van der Waals surface area contributed by atoms with Gasteiger partial charge < -0.3 is 16.0 Å². The minimum atomic E-state index is -0.259. The van der Waals surface area contributed by atoms with Gasteiger partial charge in [0.1, 0.15) is 5.84 Å². The Kier molecular flexibility index (Phi) is 7.18. The fraction of sp³-hybridized carbons (Fsp3) is 0.333. The molecule has 0 fully saturated rings. The number of fused-ring (bicyclic) bond motifs is 1. The average molecular weight is 420 g/mol. The predicted molar refractivity (Wildman–Crippen MR) is 124 cm³/mol. The summed E-state index contributed by atoms with van der Waals surface area (Å²) in [6.45, 7) is 7.45. The van der Waals surface area contributed by atoms with Crippen LogP contribution >= 0.6 is 0 Å². The van der Waals surface area contributed by atoms with Crippen molar-refractivity contribution in [2.75, 3.05) is 18.4 Å². The smallest absolute Gasteiger partial charge is 0.255 e. The highest BCUT2D eigenvalue weighted by Crippen LogP contribution is 2.28. The number of nitrogens with two attached hydrogens (primary N) is 1. The minimum absolute atomic E-state index is 0.0107. The van der Waals surface area contributed by atoms with Gasteiger partial charge in [0.05, 0.1) is 17.6 Å². The second-order valence-electron chi connectivity index (χ2n) is 7.72. The molecule has 0 unspecified atom stereocenters. The average Bonchev–Trinajstić information content (AvgIpc) is 2.90. The lowest BCUT2D eigenvalue weighted by Gasteiger charge is -2.22. The Balaban J connectivity index is 1.87. The molecule has 7 nitrogen and oxygen atoms in total. The summed E-state index contributed by atoms with van der Waals surface area (Å²) < 4.78 is 0. The summed E-state index contributed by atoms with van der Waals surface area (Å²) in [6, 6.07) is 7.07. The van der Waals surface area contributed by atoms with E-state index in [2.05, 4.69) is 29.1 Å². The van der Waals surface area contributed by atoms with E-state index >= 15 is 0 Å². The number of amides is 2. The SMILES string of the molecule is CCCN(CCC)C(=O)C1=Cc2ccc(C(=O)Nc3cncc(C)c3)cc2N=C(N)C1. The number of nitrogens with one attached hydrogen (secondary N) is 1. The normalized spacial score (nSPS) is 12.9. The number of carbonyl (C=O) groups is 2. The van der Waals surface area contributed by atoms with E-state index in [9.17, 15) is 9.59 Å². The van der Waals surface area contributed by atoms with Crippen LogP contribution in [0.15, 0.2) is 47.2 Å². The molecule has 1 aromatic heterocycles. The van der Waals surface area contributed by atoms with Crippen molar-refractivity contribution in [3.05, 3.63) is 58.9 Å². The molecule has 2 amide bonds.